The number of nitrogens with zero attached hydrogens (tertiary/aromatic N) is 2. The van der Waals surface area contributed by atoms with Gasteiger partial charge >= 0.3 is 11.9 Å². The van der Waals surface area contributed by atoms with Crippen LogP contribution in [-0.2, 0) is 52.9 Å². The molecule has 2 aromatic heterocycles. The van der Waals surface area contributed by atoms with Crippen molar-refractivity contribution in [3.8, 4) is 34.0 Å². The highest BCUT2D eigenvalue weighted by atomic mass is 16.6. The highest BCUT2D eigenvalue weighted by molar-refractivity contribution is 5.81. The quantitative estimate of drug-likeness (QED) is 0.209. The third-order valence-electron chi connectivity index (χ3n) is 8.38. The number of methoxy groups -OCH3 is 2. The third-order valence-corrected chi connectivity index (χ3v) is 8.38. The van der Waals surface area contributed by atoms with Crippen LogP contribution in [0.3, 0.4) is 0 Å². The topological polar surface area (TPSA) is 108 Å². The minimum Gasteiger partial charge on any atom is -0.481 e. The maximum atomic E-state index is 12.5. The number of carbonyl (C=O) groups excluding carboxylic acids is 1. The molecule has 4 aromatic rings. The van der Waals surface area contributed by atoms with Crippen molar-refractivity contribution in [3.63, 3.8) is 0 Å². The molecule has 0 fully saturated rings. The van der Waals surface area contributed by atoms with Gasteiger partial charge in [0.25, 0.3) is 0 Å². The van der Waals surface area contributed by atoms with Gasteiger partial charge in [-0.25, -0.2) is 9.97 Å². The number of aryl methyl sites for hydroxylation is 2. The van der Waals surface area contributed by atoms with Crippen molar-refractivity contribution >= 4 is 11.9 Å². The van der Waals surface area contributed by atoms with E-state index >= 15 is 0 Å². The van der Waals surface area contributed by atoms with Gasteiger partial charge in [-0.1, -0.05) is 24.3 Å². The number of aliphatic carboxylic acids is 1. The van der Waals surface area contributed by atoms with Gasteiger partial charge in [0.2, 0.25) is 11.8 Å². The Morgan fingerprint density at radius 1 is 0.717 bits per heavy atom. The van der Waals surface area contributed by atoms with Crippen LogP contribution in [0.5, 0.6) is 11.8 Å². The molecule has 0 bridgehead atoms. The molecule has 2 aromatic carbocycles. The summed E-state index contributed by atoms with van der Waals surface area (Å²) in [6.07, 6.45) is 10.1. The van der Waals surface area contributed by atoms with Gasteiger partial charge < -0.3 is 19.3 Å². The second kappa shape index (κ2) is 14.1. The predicted octanol–water partition coefficient (Wildman–Crippen LogP) is 7.00. The van der Waals surface area contributed by atoms with E-state index in [0.29, 0.717) is 18.2 Å². The lowest BCUT2D eigenvalue weighted by molar-refractivity contribution is -0.154. The van der Waals surface area contributed by atoms with Crippen molar-refractivity contribution in [2.45, 2.75) is 77.7 Å². The number of esters is 1. The van der Waals surface area contributed by atoms with Crippen LogP contribution < -0.4 is 9.47 Å². The lowest BCUT2D eigenvalue weighted by Gasteiger charge is -2.21. The average Bonchev–Trinajstić information content (AvgIpc) is 3.71. The summed E-state index contributed by atoms with van der Waals surface area (Å²) >= 11 is 0. The summed E-state index contributed by atoms with van der Waals surface area (Å²) in [7, 11) is 3.18. The molecule has 0 radical (unpaired) electrons. The molecular formula is C38H42N2O6. The van der Waals surface area contributed by atoms with E-state index in [4.69, 9.17) is 14.2 Å². The number of aromatic nitrogens is 2. The van der Waals surface area contributed by atoms with E-state index in [0.717, 1.165) is 71.9 Å². The molecule has 240 valence electrons. The van der Waals surface area contributed by atoms with Crippen molar-refractivity contribution in [2.24, 2.45) is 0 Å². The Morgan fingerprint density at radius 3 is 1.63 bits per heavy atom. The molecule has 6 rings (SSSR count). The molecule has 0 saturated carbocycles. The molecule has 1 N–H and O–H groups in total. The van der Waals surface area contributed by atoms with E-state index in [1.807, 2.05) is 51.1 Å². The fraction of sp³-hybridized carbons (Fsp3) is 0.368. The van der Waals surface area contributed by atoms with Crippen LogP contribution in [0.15, 0.2) is 60.9 Å². The number of carboxylic acids is 1. The Hall–Kier alpha value is -4.72. The molecule has 0 atom stereocenters. The zero-order valence-electron chi connectivity index (χ0n) is 27.3. The minimum atomic E-state index is -0.794. The van der Waals surface area contributed by atoms with Gasteiger partial charge in [0.05, 0.1) is 27.1 Å². The van der Waals surface area contributed by atoms with Crippen LogP contribution in [0, 0.1) is 0 Å². The number of hydrogen-bond acceptors (Lipinski definition) is 7. The van der Waals surface area contributed by atoms with E-state index in [9.17, 15) is 14.7 Å². The Morgan fingerprint density at radius 2 is 1.20 bits per heavy atom. The van der Waals surface area contributed by atoms with Gasteiger partial charge in [-0.15, -0.1) is 0 Å². The number of carbonyl (C=O) groups is 2. The number of hydrogen-bond donors (Lipinski definition) is 1. The SMILES string of the molecule is COc1cc(-c2ccc3c(c2CC(=O)O)CCC3)ccn1.COc1cc(-c2ccc3c(c2CC(=O)OC(C)(C)C)CCC3)ccn1. The Balaban J connectivity index is 0.000000184. The lowest BCUT2D eigenvalue weighted by atomic mass is 9.91. The molecule has 46 heavy (non-hydrogen) atoms. The van der Waals surface area contributed by atoms with Gasteiger partial charge in [-0.2, -0.15) is 0 Å². The number of benzene rings is 2. The number of ether oxygens (including phenoxy) is 3. The zero-order valence-corrected chi connectivity index (χ0v) is 27.3. The second-order valence-electron chi connectivity index (χ2n) is 12.7. The highest BCUT2D eigenvalue weighted by Crippen LogP contribution is 2.36. The Labute approximate surface area is 270 Å². The molecule has 0 saturated heterocycles. The largest absolute Gasteiger partial charge is 0.481 e. The number of fused-ring (bicyclic) bond motifs is 2. The molecule has 0 spiro atoms. The molecular weight excluding hydrogens is 580 g/mol. The van der Waals surface area contributed by atoms with E-state index in [1.165, 1.54) is 22.3 Å². The van der Waals surface area contributed by atoms with Crippen LogP contribution >= 0.6 is 0 Å². The number of carboxylic acid groups (broad SMARTS) is 1. The summed E-state index contributed by atoms with van der Waals surface area (Å²) in [5.41, 5.74) is 10.7. The third kappa shape index (κ3) is 7.73. The monoisotopic (exact) mass is 622 g/mol. The van der Waals surface area contributed by atoms with Gasteiger partial charge in [-0.3, -0.25) is 9.59 Å². The van der Waals surface area contributed by atoms with Gasteiger partial charge in [0, 0.05) is 24.5 Å². The summed E-state index contributed by atoms with van der Waals surface area (Å²) in [5.74, 6) is 0.128. The van der Waals surface area contributed by atoms with Crippen LogP contribution in [0.2, 0.25) is 0 Å². The smallest absolute Gasteiger partial charge is 0.310 e. The van der Waals surface area contributed by atoms with Gasteiger partial charge in [0.1, 0.15) is 5.60 Å². The normalized spacial score (nSPS) is 13.2. The molecule has 0 amide bonds. The molecule has 8 heteroatoms. The molecule has 0 aliphatic heterocycles. The maximum Gasteiger partial charge on any atom is 0.310 e. The number of pyridine rings is 2. The maximum absolute atomic E-state index is 12.5. The first-order valence-corrected chi connectivity index (χ1v) is 15.8. The fourth-order valence-electron chi connectivity index (χ4n) is 6.48. The lowest BCUT2D eigenvalue weighted by Crippen LogP contribution is -2.25. The first-order chi connectivity index (χ1) is 22.1. The van der Waals surface area contributed by atoms with Crippen molar-refractivity contribution in [1.29, 1.82) is 0 Å². The summed E-state index contributed by atoms with van der Waals surface area (Å²) in [4.78, 5) is 32.0. The van der Waals surface area contributed by atoms with Crippen LogP contribution in [0.1, 0.15) is 67.0 Å². The summed E-state index contributed by atoms with van der Waals surface area (Å²) in [6, 6.07) is 16.1. The first kappa shape index (κ1) is 32.7. The van der Waals surface area contributed by atoms with Crippen molar-refractivity contribution < 1.29 is 28.9 Å². The standard InChI is InChI=1S/C21H25NO3.C17H17NO3/c1-21(2,3)25-20(23)13-18-16-7-5-6-14(16)8-9-17(18)15-10-11-22-19(12-15)24-4;1-21-16-9-12(7-8-18-16)14-6-5-11-3-2-4-13(11)15(14)10-17(19)20/h8-12H,5-7,13H2,1-4H3;5-9H,2-4,10H2,1H3,(H,19,20). The average molecular weight is 623 g/mol. The van der Waals surface area contributed by atoms with Crippen molar-refractivity contribution in [3.05, 3.63) is 94.3 Å². The van der Waals surface area contributed by atoms with E-state index < -0.39 is 11.6 Å². The van der Waals surface area contributed by atoms with Crippen LogP contribution in [0.4, 0.5) is 0 Å². The van der Waals surface area contributed by atoms with Crippen molar-refractivity contribution in [2.75, 3.05) is 14.2 Å². The first-order valence-electron chi connectivity index (χ1n) is 15.8. The second-order valence-corrected chi connectivity index (χ2v) is 12.7. The Bertz CT molecular complexity index is 1740. The van der Waals surface area contributed by atoms with Gasteiger partial charge in [0.15, 0.2) is 0 Å². The van der Waals surface area contributed by atoms with E-state index in [1.54, 1.807) is 26.6 Å². The summed E-state index contributed by atoms with van der Waals surface area (Å²) in [6.45, 7) is 5.69. The molecule has 8 nitrogen and oxygen atoms in total. The van der Waals surface area contributed by atoms with Gasteiger partial charge in [-0.05, 0) is 127 Å². The highest BCUT2D eigenvalue weighted by Gasteiger charge is 2.24. The Kier molecular flexibility index (Phi) is 10.0. The predicted molar refractivity (Wildman–Crippen MR) is 177 cm³/mol. The fourth-order valence-corrected chi connectivity index (χ4v) is 6.48. The molecule has 2 heterocycles. The van der Waals surface area contributed by atoms with Crippen molar-refractivity contribution in [1.82, 2.24) is 9.97 Å². The molecule has 2 aliphatic carbocycles. The van der Waals surface area contributed by atoms with Crippen LogP contribution in [0.25, 0.3) is 22.3 Å². The van der Waals surface area contributed by atoms with E-state index in [2.05, 4.69) is 28.2 Å². The number of rotatable bonds is 8. The molecule has 0 unspecified atom stereocenters. The minimum absolute atomic E-state index is 0.0587. The van der Waals surface area contributed by atoms with Crippen LogP contribution in [-0.4, -0.2) is 46.8 Å². The summed E-state index contributed by atoms with van der Waals surface area (Å²) < 4.78 is 16.0. The summed E-state index contributed by atoms with van der Waals surface area (Å²) in [5, 5.41) is 9.23. The van der Waals surface area contributed by atoms with E-state index in [-0.39, 0.29) is 12.4 Å². The molecule has 2 aliphatic rings. The zero-order chi connectivity index (χ0) is 32.8.